The molecule has 0 spiro atoms. The van der Waals surface area contributed by atoms with Crippen molar-refractivity contribution < 1.29 is 4.74 Å². The van der Waals surface area contributed by atoms with Gasteiger partial charge < -0.3 is 4.74 Å². The molecule has 0 amide bonds. The summed E-state index contributed by atoms with van der Waals surface area (Å²) in [6, 6.07) is 2.19. The van der Waals surface area contributed by atoms with Gasteiger partial charge in [-0.3, -0.25) is 0 Å². The minimum Gasteiger partial charge on any atom is -0.496 e. The fraction of sp³-hybridized carbons (Fsp3) is 0.467. The van der Waals surface area contributed by atoms with Gasteiger partial charge >= 0.3 is 0 Å². The SMILES string of the molecule is CCc1c(OC)cc(C)c2c1C=CCC2C. The predicted octanol–water partition coefficient (Wildman–Crippen LogP) is 4.09. The first-order chi connectivity index (χ1) is 7.69. The summed E-state index contributed by atoms with van der Waals surface area (Å²) in [6.45, 7) is 6.69. The van der Waals surface area contributed by atoms with Crippen LogP contribution in [0.5, 0.6) is 5.75 Å². The normalized spacial score (nSPS) is 18.4. The molecule has 1 aromatic carbocycles. The standard InChI is InChI=1S/C15H20O/c1-5-12-13-8-6-7-10(2)15(13)11(3)9-14(12)16-4/h6,8-10H,5,7H2,1-4H3. The van der Waals surface area contributed by atoms with Crippen LogP contribution in [0, 0.1) is 6.92 Å². The highest BCUT2D eigenvalue weighted by Crippen LogP contribution is 2.38. The Morgan fingerprint density at radius 3 is 2.81 bits per heavy atom. The lowest BCUT2D eigenvalue weighted by Crippen LogP contribution is -2.07. The van der Waals surface area contributed by atoms with E-state index in [4.69, 9.17) is 4.74 Å². The summed E-state index contributed by atoms with van der Waals surface area (Å²) in [4.78, 5) is 0. The van der Waals surface area contributed by atoms with E-state index in [1.807, 2.05) is 0 Å². The molecule has 1 atom stereocenters. The highest BCUT2D eigenvalue weighted by molar-refractivity contribution is 5.66. The fourth-order valence-corrected chi connectivity index (χ4v) is 2.77. The van der Waals surface area contributed by atoms with Gasteiger partial charge in [0, 0.05) is 5.56 Å². The first-order valence-corrected chi connectivity index (χ1v) is 6.05. The summed E-state index contributed by atoms with van der Waals surface area (Å²) >= 11 is 0. The third-order valence-corrected chi connectivity index (χ3v) is 3.53. The van der Waals surface area contributed by atoms with Crippen LogP contribution in [-0.4, -0.2) is 7.11 Å². The molecule has 0 N–H and O–H groups in total. The van der Waals surface area contributed by atoms with Crippen LogP contribution in [0.4, 0.5) is 0 Å². The molecule has 0 saturated carbocycles. The van der Waals surface area contributed by atoms with Crippen LogP contribution in [0.2, 0.25) is 0 Å². The van der Waals surface area contributed by atoms with Gasteiger partial charge in [-0.2, -0.15) is 0 Å². The van der Waals surface area contributed by atoms with Gasteiger partial charge in [-0.1, -0.05) is 26.0 Å². The lowest BCUT2D eigenvalue weighted by Gasteiger charge is -2.24. The third-order valence-electron chi connectivity index (χ3n) is 3.53. The van der Waals surface area contributed by atoms with Crippen LogP contribution in [0.1, 0.15) is 48.4 Å². The van der Waals surface area contributed by atoms with E-state index in [9.17, 15) is 0 Å². The molecular weight excluding hydrogens is 196 g/mol. The van der Waals surface area contributed by atoms with Crippen molar-refractivity contribution >= 4 is 6.08 Å². The minimum absolute atomic E-state index is 0.635. The Morgan fingerprint density at radius 1 is 1.44 bits per heavy atom. The quantitative estimate of drug-likeness (QED) is 0.723. The Morgan fingerprint density at radius 2 is 2.19 bits per heavy atom. The van der Waals surface area contributed by atoms with E-state index in [-0.39, 0.29) is 0 Å². The Bertz CT molecular complexity index is 430. The van der Waals surface area contributed by atoms with Crippen molar-refractivity contribution in [1.82, 2.24) is 0 Å². The second kappa shape index (κ2) is 4.32. The van der Waals surface area contributed by atoms with Gasteiger partial charge in [0.2, 0.25) is 0 Å². The zero-order valence-electron chi connectivity index (χ0n) is 10.6. The molecule has 0 bridgehead atoms. The second-order valence-electron chi connectivity index (χ2n) is 4.59. The number of rotatable bonds is 2. The van der Waals surface area contributed by atoms with Crippen molar-refractivity contribution in [2.75, 3.05) is 7.11 Å². The van der Waals surface area contributed by atoms with Crippen LogP contribution in [-0.2, 0) is 6.42 Å². The fourth-order valence-electron chi connectivity index (χ4n) is 2.77. The van der Waals surface area contributed by atoms with Gasteiger partial charge in [-0.05, 0) is 48.4 Å². The molecule has 1 aliphatic rings. The zero-order valence-corrected chi connectivity index (χ0v) is 10.6. The zero-order chi connectivity index (χ0) is 11.7. The molecule has 2 rings (SSSR count). The Balaban J connectivity index is 2.70. The lowest BCUT2D eigenvalue weighted by molar-refractivity contribution is 0.409. The average Bonchev–Trinajstić information content (AvgIpc) is 2.28. The summed E-state index contributed by atoms with van der Waals surface area (Å²) in [7, 11) is 1.76. The van der Waals surface area contributed by atoms with E-state index >= 15 is 0 Å². The summed E-state index contributed by atoms with van der Waals surface area (Å²) < 4.78 is 5.48. The number of ether oxygens (including phenoxy) is 1. The molecule has 1 unspecified atom stereocenters. The first-order valence-electron chi connectivity index (χ1n) is 6.05. The molecule has 1 aromatic rings. The summed E-state index contributed by atoms with van der Waals surface area (Å²) in [6.07, 6.45) is 6.74. The van der Waals surface area contributed by atoms with Crippen molar-refractivity contribution in [3.05, 3.63) is 34.4 Å². The van der Waals surface area contributed by atoms with E-state index < -0.39 is 0 Å². The van der Waals surface area contributed by atoms with Crippen molar-refractivity contribution in [3.63, 3.8) is 0 Å². The van der Waals surface area contributed by atoms with E-state index in [0.29, 0.717) is 5.92 Å². The van der Waals surface area contributed by atoms with E-state index in [1.54, 1.807) is 7.11 Å². The van der Waals surface area contributed by atoms with Gasteiger partial charge in [0.05, 0.1) is 7.11 Å². The molecule has 1 heteroatoms. The van der Waals surface area contributed by atoms with Crippen LogP contribution in [0.3, 0.4) is 0 Å². The van der Waals surface area contributed by atoms with Crippen molar-refractivity contribution in [1.29, 1.82) is 0 Å². The largest absolute Gasteiger partial charge is 0.496 e. The second-order valence-corrected chi connectivity index (χ2v) is 4.59. The summed E-state index contributed by atoms with van der Waals surface area (Å²) in [5.41, 5.74) is 5.63. The highest BCUT2D eigenvalue weighted by atomic mass is 16.5. The van der Waals surface area contributed by atoms with Gasteiger partial charge in [-0.15, -0.1) is 0 Å². The van der Waals surface area contributed by atoms with Gasteiger partial charge in [-0.25, -0.2) is 0 Å². The minimum atomic E-state index is 0.635. The average molecular weight is 216 g/mol. The predicted molar refractivity (Wildman–Crippen MR) is 69.2 cm³/mol. The molecule has 0 aliphatic heterocycles. The molecule has 16 heavy (non-hydrogen) atoms. The number of hydrogen-bond acceptors (Lipinski definition) is 1. The number of benzene rings is 1. The highest BCUT2D eigenvalue weighted by Gasteiger charge is 2.20. The Hall–Kier alpha value is -1.24. The van der Waals surface area contributed by atoms with Gasteiger partial charge in [0.15, 0.2) is 0 Å². The van der Waals surface area contributed by atoms with Crippen LogP contribution in [0.15, 0.2) is 12.1 Å². The monoisotopic (exact) mass is 216 g/mol. The van der Waals surface area contributed by atoms with E-state index in [0.717, 1.165) is 18.6 Å². The number of hydrogen-bond donors (Lipinski definition) is 0. The number of fused-ring (bicyclic) bond motifs is 1. The van der Waals surface area contributed by atoms with Crippen molar-refractivity contribution in [2.45, 2.75) is 39.5 Å². The topological polar surface area (TPSA) is 9.23 Å². The molecule has 0 aromatic heterocycles. The number of aryl methyl sites for hydroxylation is 1. The van der Waals surface area contributed by atoms with Gasteiger partial charge in [0.25, 0.3) is 0 Å². The Kier molecular flexibility index (Phi) is 3.04. The molecule has 1 aliphatic carbocycles. The van der Waals surface area contributed by atoms with Crippen molar-refractivity contribution in [3.8, 4) is 5.75 Å². The third kappa shape index (κ3) is 1.64. The summed E-state index contributed by atoms with van der Waals surface area (Å²) in [5.74, 6) is 1.67. The maximum atomic E-state index is 5.48. The van der Waals surface area contributed by atoms with E-state index in [2.05, 4.69) is 39.0 Å². The maximum Gasteiger partial charge on any atom is 0.122 e. The lowest BCUT2D eigenvalue weighted by atomic mass is 9.82. The first kappa shape index (κ1) is 11.3. The van der Waals surface area contributed by atoms with Crippen LogP contribution < -0.4 is 4.74 Å². The van der Waals surface area contributed by atoms with Crippen LogP contribution >= 0.6 is 0 Å². The molecule has 1 nitrogen and oxygen atoms in total. The molecule has 86 valence electrons. The molecule has 0 saturated heterocycles. The molecular formula is C15H20O. The molecule has 0 radical (unpaired) electrons. The van der Waals surface area contributed by atoms with Crippen LogP contribution in [0.25, 0.3) is 6.08 Å². The maximum absolute atomic E-state index is 5.48. The van der Waals surface area contributed by atoms with Gasteiger partial charge in [0.1, 0.15) is 5.75 Å². The smallest absolute Gasteiger partial charge is 0.122 e. The molecule has 0 heterocycles. The number of allylic oxidation sites excluding steroid dienone is 1. The summed E-state index contributed by atoms with van der Waals surface area (Å²) in [5, 5.41) is 0. The van der Waals surface area contributed by atoms with E-state index in [1.165, 1.54) is 22.3 Å². The molecule has 0 fully saturated rings. The Labute approximate surface area is 98.1 Å². The number of methoxy groups -OCH3 is 1. The van der Waals surface area contributed by atoms with Crippen molar-refractivity contribution in [2.24, 2.45) is 0 Å².